The first-order valence-corrected chi connectivity index (χ1v) is 10.3. The van der Waals surface area contributed by atoms with E-state index in [1.54, 1.807) is 0 Å². The van der Waals surface area contributed by atoms with Crippen LogP contribution < -0.4 is 0 Å². The molecule has 2 aromatic carbocycles. The van der Waals surface area contributed by atoms with E-state index < -0.39 is 0 Å². The topological polar surface area (TPSA) is 34.1 Å². The van der Waals surface area contributed by atoms with Crippen LogP contribution in [0.15, 0.2) is 53.0 Å². The van der Waals surface area contributed by atoms with Gasteiger partial charge in [0.1, 0.15) is 5.78 Å². The summed E-state index contributed by atoms with van der Waals surface area (Å²) in [5, 5.41) is 0.666. The maximum absolute atomic E-state index is 12.9. The number of halogens is 2. The van der Waals surface area contributed by atoms with Gasteiger partial charge in [-0.1, -0.05) is 64.6 Å². The predicted octanol–water partition coefficient (Wildman–Crippen LogP) is 6.61. The maximum Gasteiger partial charge on any atom is 0.163 e. The second kappa shape index (κ2) is 8.96. The number of hydrogen-bond acceptors (Lipinski definition) is 2. The lowest BCUT2D eigenvalue weighted by Crippen LogP contribution is -2.24. The van der Waals surface area contributed by atoms with Crippen LogP contribution in [-0.2, 0) is 4.79 Å². The normalized spacial score (nSPS) is 19.0. The van der Waals surface area contributed by atoms with E-state index in [0.29, 0.717) is 29.2 Å². The van der Waals surface area contributed by atoms with Crippen LogP contribution in [0, 0.1) is 5.92 Å². The average Bonchev–Trinajstić information content (AvgIpc) is 2.85. The summed E-state index contributed by atoms with van der Waals surface area (Å²) in [7, 11) is 0. The number of ketones is 2. The first kappa shape index (κ1) is 19.3. The minimum absolute atomic E-state index is 0.0782. The highest BCUT2D eigenvalue weighted by Crippen LogP contribution is 2.37. The Balaban J connectivity index is 1.89. The van der Waals surface area contributed by atoms with Gasteiger partial charge < -0.3 is 0 Å². The third-order valence-electron chi connectivity index (χ3n) is 5.21. The molecular weight excluding hydrogens is 412 g/mol. The van der Waals surface area contributed by atoms with E-state index in [4.69, 9.17) is 11.6 Å². The fourth-order valence-electron chi connectivity index (χ4n) is 3.77. The molecule has 0 aromatic heterocycles. The van der Waals surface area contributed by atoms with Crippen molar-refractivity contribution in [2.75, 3.05) is 0 Å². The molecule has 2 nitrogen and oxygen atoms in total. The van der Waals surface area contributed by atoms with Crippen LogP contribution >= 0.6 is 27.5 Å². The van der Waals surface area contributed by atoms with E-state index in [1.807, 2.05) is 48.5 Å². The molecular formula is C22H22BrClO2. The number of benzene rings is 2. The van der Waals surface area contributed by atoms with Gasteiger partial charge in [0.2, 0.25) is 0 Å². The number of hydrogen-bond donors (Lipinski definition) is 0. The van der Waals surface area contributed by atoms with Gasteiger partial charge in [-0.25, -0.2) is 0 Å². The molecule has 0 N–H and O–H groups in total. The minimum Gasteiger partial charge on any atom is -0.299 e. The van der Waals surface area contributed by atoms with Crippen molar-refractivity contribution in [1.29, 1.82) is 0 Å². The number of Topliss-reactive ketones (excluding diaryl/α,β-unsaturated/α-hetero) is 2. The molecule has 1 saturated carbocycles. The molecule has 0 saturated heterocycles. The summed E-state index contributed by atoms with van der Waals surface area (Å²) >= 11 is 9.43. The zero-order valence-electron chi connectivity index (χ0n) is 14.6. The third kappa shape index (κ3) is 4.83. The van der Waals surface area contributed by atoms with E-state index in [0.717, 1.165) is 35.7 Å². The Morgan fingerprint density at radius 3 is 2.42 bits per heavy atom. The standard InChI is InChI=1S/C22H22BrClO2/c23-17-10-6-16(7-11-17)22(26)14-20(15-8-12-18(24)13-9-15)19-4-2-1-3-5-21(19)25/h6-13,19-20H,1-5,14H2. The number of rotatable bonds is 5. The summed E-state index contributed by atoms with van der Waals surface area (Å²) in [6, 6.07) is 15.0. The molecule has 0 amide bonds. The van der Waals surface area contributed by atoms with Crippen LogP contribution in [0.2, 0.25) is 5.02 Å². The lowest BCUT2D eigenvalue weighted by molar-refractivity contribution is -0.123. The molecule has 26 heavy (non-hydrogen) atoms. The average molecular weight is 434 g/mol. The summed E-state index contributed by atoms with van der Waals surface area (Å²) in [6.07, 6.45) is 4.94. The van der Waals surface area contributed by atoms with Crippen molar-refractivity contribution in [2.24, 2.45) is 5.92 Å². The fraction of sp³-hybridized carbons (Fsp3) is 0.364. The highest BCUT2D eigenvalue weighted by Gasteiger charge is 2.32. The lowest BCUT2D eigenvalue weighted by atomic mass is 9.77. The summed E-state index contributed by atoms with van der Waals surface area (Å²) in [5.41, 5.74) is 1.72. The maximum atomic E-state index is 12.9. The van der Waals surface area contributed by atoms with Gasteiger partial charge in [-0.05, 0) is 42.7 Å². The molecule has 2 atom stereocenters. The molecule has 0 bridgehead atoms. The molecule has 1 aliphatic rings. The van der Waals surface area contributed by atoms with Crippen LogP contribution in [0.4, 0.5) is 0 Å². The van der Waals surface area contributed by atoms with Crippen LogP contribution in [0.5, 0.6) is 0 Å². The van der Waals surface area contributed by atoms with Crippen molar-refractivity contribution in [1.82, 2.24) is 0 Å². The van der Waals surface area contributed by atoms with Crippen molar-refractivity contribution in [3.05, 3.63) is 69.2 Å². The van der Waals surface area contributed by atoms with E-state index in [1.165, 1.54) is 0 Å². The highest BCUT2D eigenvalue weighted by molar-refractivity contribution is 9.10. The predicted molar refractivity (Wildman–Crippen MR) is 109 cm³/mol. The molecule has 0 heterocycles. The summed E-state index contributed by atoms with van der Waals surface area (Å²) in [5.74, 6) is 0.202. The van der Waals surface area contributed by atoms with Crippen LogP contribution in [0.1, 0.15) is 60.4 Å². The number of carbonyl (C=O) groups excluding carboxylic acids is 2. The summed E-state index contributed by atoms with van der Waals surface area (Å²) in [4.78, 5) is 25.6. The fourth-order valence-corrected chi connectivity index (χ4v) is 4.16. The van der Waals surface area contributed by atoms with Gasteiger partial charge in [0.25, 0.3) is 0 Å². The van der Waals surface area contributed by atoms with Gasteiger partial charge in [-0.15, -0.1) is 0 Å². The van der Waals surface area contributed by atoms with Crippen molar-refractivity contribution in [3.8, 4) is 0 Å². The summed E-state index contributed by atoms with van der Waals surface area (Å²) in [6.45, 7) is 0. The monoisotopic (exact) mass is 432 g/mol. The molecule has 1 aliphatic carbocycles. The SMILES string of the molecule is O=C(CC(c1ccc(Cl)cc1)C1CCCCCC1=O)c1ccc(Br)cc1. The Labute approximate surface area is 168 Å². The van der Waals surface area contributed by atoms with Gasteiger partial charge in [-0.3, -0.25) is 9.59 Å². The Morgan fingerprint density at radius 2 is 1.73 bits per heavy atom. The Kier molecular flexibility index (Phi) is 6.66. The number of carbonyl (C=O) groups is 2. The molecule has 1 fully saturated rings. The lowest BCUT2D eigenvalue weighted by Gasteiger charge is -2.25. The van der Waals surface area contributed by atoms with Crippen molar-refractivity contribution >= 4 is 39.1 Å². The molecule has 0 spiro atoms. The first-order valence-electron chi connectivity index (χ1n) is 9.11. The van der Waals surface area contributed by atoms with Crippen LogP contribution in [-0.4, -0.2) is 11.6 Å². The van der Waals surface area contributed by atoms with Gasteiger partial charge in [0.15, 0.2) is 5.78 Å². The van der Waals surface area contributed by atoms with Crippen molar-refractivity contribution < 1.29 is 9.59 Å². The molecule has 0 radical (unpaired) electrons. The highest BCUT2D eigenvalue weighted by atomic mass is 79.9. The summed E-state index contributed by atoms with van der Waals surface area (Å²) < 4.78 is 0.947. The largest absolute Gasteiger partial charge is 0.299 e. The van der Waals surface area contributed by atoms with E-state index >= 15 is 0 Å². The van der Waals surface area contributed by atoms with E-state index in [9.17, 15) is 9.59 Å². The van der Waals surface area contributed by atoms with Crippen LogP contribution in [0.3, 0.4) is 0 Å². The van der Waals surface area contributed by atoms with Gasteiger partial charge in [-0.2, -0.15) is 0 Å². The van der Waals surface area contributed by atoms with Gasteiger partial charge >= 0.3 is 0 Å². The third-order valence-corrected chi connectivity index (χ3v) is 5.99. The molecule has 0 aliphatic heterocycles. The van der Waals surface area contributed by atoms with E-state index in [-0.39, 0.29) is 17.6 Å². The Hall–Kier alpha value is -1.45. The van der Waals surface area contributed by atoms with Gasteiger partial charge in [0, 0.05) is 39.7 Å². The van der Waals surface area contributed by atoms with E-state index in [2.05, 4.69) is 15.9 Å². The van der Waals surface area contributed by atoms with Crippen molar-refractivity contribution in [2.45, 2.75) is 44.4 Å². The minimum atomic E-state index is -0.0889. The first-order chi connectivity index (χ1) is 12.5. The van der Waals surface area contributed by atoms with Crippen LogP contribution in [0.25, 0.3) is 0 Å². The molecule has 2 unspecified atom stereocenters. The van der Waals surface area contributed by atoms with Gasteiger partial charge in [0.05, 0.1) is 0 Å². The molecule has 2 aromatic rings. The quantitative estimate of drug-likeness (QED) is 0.393. The molecule has 136 valence electrons. The zero-order chi connectivity index (χ0) is 18.5. The molecule has 4 heteroatoms. The zero-order valence-corrected chi connectivity index (χ0v) is 16.9. The Morgan fingerprint density at radius 1 is 1.04 bits per heavy atom. The second-order valence-electron chi connectivity index (χ2n) is 6.96. The second-order valence-corrected chi connectivity index (χ2v) is 8.32. The Bertz CT molecular complexity index is 768. The smallest absolute Gasteiger partial charge is 0.163 e. The molecule has 3 rings (SSSR count). The van der Waals surface area contributed by atoms with Crippen molar-refractivity contribution in [3.63, 3.8) is 0 Å².